The van der Waals surface area contributed by atoms with Gasteiger partial charge < -0.3 is 4.90 Å². The molecule has 0 atom stereocenters. The molecule has 0 aliphatic carbocycles. The minimum atomic E-state index is -0.617. The van der Waals surface area contributed by atoms with Gasteiger partial charge in [0.1, 0.15) is 5.82 Å². The summed E-state index contributed by atoms with van der Waals surface area (Å²) in [5, 5.41) is 1.97. The Bertz CT molecular complexity index is 694. The molecule has 1 amide bonds. The molecule has 0 unspecified atom stereocenters. The summed E-state index contributed by atoms with van der Waals surface area (Å²) in [4.78, 5) is 26.6. The molecule has 20 heavy (non-hydrogen) atoms. The summed E-state index contributed by atoms with van der Waals surface area (Å²) in [6.45, 7) is 2.15. The number of rotatable bonds is 3. The van der Waals surface area contributed by atoms with Crippen molar-refractivity contribution in [2.75, 3.05) is 11.4 Å². The van der Waals surface area contributed by atoms with Gasteiger partial charge in [0, 0.05) is 11.4 Å². The van der Waals surface area contributed by atoms with Crippen LogP contribution in [0.15, 0.2) is 29.6 Å². The molecule has 1 aliphatic rings. The zero-order chi connectivity index (χ0) is 14.3. The molecule has 0 saturated heterocycles. The maximum atomic E-state index is 13.4. The van der Waals surface area contributed by atoms with Crippen molar-refractivity contribution >= 4 is 28.7 Å². The number of amides is 1. The van der Waals surface area contributed by atoms with E-state index in [-0.39, 0.29) is 5.56 Å². The highest BCUT2D eigenvalue weighted by atomic mass is 32.1. The lowest BCUT2D eigenvalue weighted by Crippen LogP contribution is -2.31. The summed E-state index contributed by atoms with van der Waals surface area (Å²) < 4.78 is 13.4. The number of hydrogen-bond donors (Lipinski definition) is 0. The van der Waals surface area contributed by atoms with Crippen molar-refractivity contribution in [3.8, 4) is 0 Å². The van der Waals surface area contributed by atoms with Gasteiger partial charge in [-0.05, 0) is 42.5 Å². The van der Waals surface area contributed by atoms with E-state index in [4.69, 9.17) is 0 Å². The van der Waals surface area contributed by atoms with Gasteiger partial charge in [-0.2, -0.15) is 0 Å². The van der Waals surface area contributed by atoms with Gasteiger partial charge in [0.05, 0.1) is 11.3 Å². The van der Waals surface area contributed by atoms with E-state index >= 15 is 0 Å². The van der Waals surface area contributed by atoms with Crippen molar-refractivity contribution in [3.63, 3.8) is 0 Å². The number of nitrogens with zero attached hydrogens (tertiary/aromatic N) is 1. The van der Waals surface area contributed by atoms with E-state index < -0.39 is 17.5 Å². The van der Waals surface area contributed by atoms with E-state index in [0.29, 0.717) is 24.2 Å². The maximum Gasteiger partial charge on any atom is 0.299 e. The van der Waals surface area contributed by atoms with E-state index in [2.05, 4.69) is 0 Å². The largest absolute Gasteiger partial charge is 0.304 e. The lowest BCUT2D eigenvalue weighted by atomic mass is 10.1. The number of Topliss-reactive ketones (excluding diaryl/α,β-unsaturated/α-hetero) is 1. The highest BCUT2D eigenvalue weighted by Gasteiger charge is 2.37. The Morgan fingerprint density at radius 1 is 1.30 bits per heavy atom. The third-order valence-corrected chi connectivity index (χ3v) is 4.32. The predicted molar refractivity (Wildman–Crippen MR) is 75.8 cm³/mol. The molecule has 2 aromatic rings. The smallest absolute Gasteiger partial charge is 0.299 e. The summed E-state index contributed by atoms with van der Waals surface area (Å²) >= 11 is 1.61. The molecule has 3 nitrogen and oxygen atoms in total. The molecule has 0 radical (unpaired) electrons. The molecule has 102 valence electrons. The van der Waals surface area contributed by atoms with Crippen LogP contribution in [-0.2, 0) is 11.2 Å². The van der Waals surface area contributed by atoms with Gasteiger partial charge in [0.25, 0.3) is 11.7 Å². The van der Waals surface area contributed by atoms with E-state index in [9.17, 15) is 14.0 Å². The normalized spacial score (nSPS) is 14.0. The highest BCUT2D eigenvalue weighted by Crippen LogP contribution is 2.33. The molecule has 5 heteroatoms. The second-order valence-electron chi connectivity index (χ2n) is 4.73. The average molecular weight is 289 g/mol. The molecule has 1 aliphatic heterocycles. The number of carbonyl (C=O) groups is 2. The number of fused-ring (bicyclic) bond motifs is 1. The molecule has 0 N–H and O–H groups in total. The summed E-state index contributed by atoms with van der Waals surface area (Å²) in [5.74, 6) is -1.67. The van der Waals surface area contributed by atoms with Gasteiger partial charge in [-0.1, -0.05) is 6.07 Å². The molecule has 2 heterocycles. The fourth-order valence-corrected chi connectivity index (χ4v) is 3.19. The zero-order valence-corrected chi connectivity index (χ0v) is 11.7. The molecule has 3 rings (SSSR count). The predicted octanol–water partition coefficient (Wildman–Crippen LogP) is 2.97. The van der Waals surface area contributed by atoms with E-state index in [1.807, 2.05) is 17.5 Å². The SMILES string of the molecule is Cc1cc(F)cc2c1N(CCc1cccs1)C(=O)C2=O. The first-order valence-electron chi connectivity index (χ1n) is 6.26. The minimum absolute atomic E-state index is 0.179. The fourth-order valence-electron chi connectivity index (χ4n) is 2.50. The number of hydrogen-bond acceptors (Lipinski definition) is 3. The van der Waals surface area contributed by atoms with Crippen LogP contribution in [-0.4, -0.2) is 18.2 Å². The molecule has 0 spiro atoms. The molecule has 1 aromatic heterocycles. The van der Waals surface area contributed by atoms with Gasteiger partial charge in [-0.15, -0.1) is 11.3 Å². The van der Waals surface area contributed by atoms with Crippen LogP contribution in [0.25, 0.3) is 0 Å². The average Bonchev–Trinajstić information content (AvgIpc) is 2.98. The van der Waals surface area contributed by atoms with Gasteiger partial charge in [-0.25, -0.2) is 4.39 Å². The van der Waals surface area contributed by atoms with E-state index in [0.717, 1.165) is 10.9 Å². The van der Waals surface area contributed by atoms with Crippen molar-refractivity contribution in [1.29, 1.82) is 0 Å². The first kappa shape index (κ1) is 13.0. The summed E-state index contributed by atoms with van der Waals surface area (Å²) in [7, 11) is 0. The van der Waals surface area contributed by atoms with Gasteiger partial charge in [0.2, 0.25) is 0 Å². The Kier molecular flexibility index (Phi) is 3.14. The number of thiophene rings is 1. The quantitative estimate of drug-likeness (QED) is 0.815. The third-order valence-electron chi connectivity index (χ3n) is 3.38. The number of anilines is 1. The Hall–Kier alpha value is -2.01. The fraction of sp³-hybridized carbons (Fsp3) is 0.200. The molecule has 1 aromatic carbocycles. The highest BCUT2D eigenvalue weighted by molar-refractivity contribution is 7.09. The number of ketones is 1. The van der Waals surface area contributed by atoms with Gasteiger partial charge in [-0.3, -0.25) is 9.59 Å². The second-order valence-corrected chi connectivity index (χ2v) is 5.77. The number of benzene rings is 1. The molecule has 0 fully saturated rings. The Morgan fingerprint density at radius 2 is 2.10 bits per heavy atom. The van der Waals surface area contributed by atoms with Crippen LogP contribution >= 0.6 is 11.3 Å². The Balaban J connectivity index is 1.93. The van der Waals surface area contributed by atoms with Gasteiger partial charge >= 0.3 is 0 Å². The van der Waals surface area contributed by atoms with Crippen molar-refractivity contribution in [1.82, 2.24) is 0 Å². The number of halogens is 1. The van der Waals surface area contributed by atoms with Crippen molar-refractivity contribution in [2.24, 2.45) is 0 Å². The topological polar surface area (TPSA) is 37.4 Å². The van der Waals surface area contributed by atoms with Crippen LogP contribution in [0.3, 0.4) is 0 Å². The molecular formula is C15H12FNO2S. The van der Waals surface area contributed by atoms with Crippen LogP contribution in [0.2, 0.25) is 0 Å². The van der Waals surface area contributed by atoms with E-state index in [1.165, 1.54) is 11.0 Å². The summed E-state index contributed by atoms with van der Waals surface area (Å²) in [5.41, 5.74) is 1.35. The maximum absolute atomic E-state index is 13.4. The monoisotopic (exact) mass is 289 g/mol. The standard InChI is InChI=1S/C15H12FNO2S/c1-9-7-10(16)8-12-13(9)17(15(19)14(12)18)5-4-11-3-2-6-20-11/h2-3,6-8H,4-5H2,1H3. The molecular weight excluding hydrogens is 277 g/mol. The van der Waals surface area contributed by atoms with E-state index in [1.54, 1.807) is 18.3 Å². The third kappa shape index (κ3) is 2.04. The summed E-state index contributed by atoms with van der Waals surface area (Å²) in [6, 6.07) is 6.44. The first-order chi connectivity index (χ1) is 9.58. The lowest BCUT2D eigenvalue weighted by Gasteiger charge is -2.18. The van der Waals surface area contributed by atoms with Crippen LogP contribution in [0.5, 0.6) is 0 Å². The van der Waals surface area contributed by atoms with Crippen molar-refractivity contribution in [3.05, 3.63) is 51.5 Å². The summed E-state index contributed by atoms with van der Waals surface area (Å²) in [6.07, 6.45) is 0.687. The van der Waals surface area contributed by atoms with Crippen LogP contribution in [0.1, 0.15) is 20.8 Å². The van der Waals surface area contributed by atoms with Gasteiger partial charge in [0.15, 0.2) is 0 Å². The number of carbonyl (C=O) groups excluding carboxylic acids is 2. The van der Waals surface area contributed by atoms with Crippen LogP contribution in [0.4, 0.5) is 10.1 Å². The zero-order valence-electron chi connectivity index (χ0n) is 10.9. The number of aryl methyl sites for hydroxylation is 1. The minimum Gasteiger partial charge on any atom is -0.304 e. The second kappa shape index (κ2) is 4.83. The van der Waals surface area contributed by atoms with Crippen LogP contribution in [0, 0.1) is 12.7 Å². The first-order valence-corrected chi connectivity index (χ1v) is 7.14. The van der Waals surface area contributed by atoms with Crippen molar-refractivity contribution < 1.29 is 14.0 Å². The molecule has 0 bridgehead atoms. The molecule has 0 saturated carbocycles. The van der Waals surface area contributed by atoms with Crippen molar-refractivity contribution in [2.45, 2.75) is 13.3 Å². The Labute approximate surface area is 119 Å². The Morgan fingerprint density at radius 3 is 2.80 bits per heavy atom. The van der Waals surface area contributed by atoms with Crippen LogP contribution < -0.4 is 4.90 Å². The lowest BCUT2D eigenvalue weighted by molar-refractivity contribution is -0.114.